The highest BCUT2D eigenvalue weighted by atomic mass is 16.1. The van der Waals surface area contributed by atoms with Crippen molar-refractivity contribution in [2.75, 3.05) is 19.6 Å². The Hall–Kier alpha value is -0.570. The van der Waals surface area contributed by atoms with Gasteiger partial charge in [-0.2, -0.15) is 0 Å². The van der Waals surface area contributed by atoms with Crippen LogP contribution in [0.4, 0.5) is 0 Å². The molecule has 1 saturated carbocycles. The summed E-state index contributed by atoms with van der Waals surface area (Å²) in [5.41, 5.74) is 0. The second-order valence-electron chi connectivity index (χ2n) is 6.93. The normalized spacial score (nSPS) is 26.1. The molecule has 2 aliphatic rings. The van der Waals surface area contributed by atoms with Crippen molar-refractivity contribution in [3.63, 3.8) is 0 Å². The molecule has 2 atom stereocenters. The number of nitrogens with one attached hydrogen (secondary N) is 2. The van der Waals surface area contributed by atoms with Crippen LogP contribution in [0, 0.1) is 17.8 Å². The van der Waals surface area contributed by atoms with Crippen molar-refractivity contribution < 1.29 is 4.79 Å². The highest BCUT2D eigenvalue weighted by Crippen LogP contribution is 2.31. The second-order valence-corrected chi connectivity index (χ2v) is 6.93. The highest BCUT2D eigenvalue weighted by molar-refractivity contribution is 5.76. The molecule has 1 aliphatic carbocycles. The van der Waals surface area contributed by atoms with Crippen LogP contribution in [-0.4, -0.2) is 25.5 Å². The quantitative estimate of drug-likeness (QED) is 0.785. The average Bonchev–Trinajstić information content (AvgIpc) is 2.49. The Morgan fingerprint density at radius 1 is 1.20 bits per heavy atom. The van der Waals surface area contributed by atoms with Gasteiger partial charge in [0.05, 0.1) is 0 Å². The van der Waals surface area contributed by atoms with Crippen molar-refractivity contribution in [3.05, 3.63) is 0 Å². The third kappa shape index (κ3) is 5.43. The number of hydrogen-bond donors (Lipinski definition) is 2. The van der Waals surface area contributed by atoms with Crippen LogP contribution in [0.1, 0.15) is 64.7 Å². The fourth-order valence-corrected chi connectivity index (χ4v) is 3.82. The second kappa shape index (κ2) is 8.66. The van der Waals surface area contributed by atoms with E-state index in [4.69, 9.17) is 0 Å². The minimum atomic E-state index is 0.270. The molecule has 0 spiro atoms. The first-order valence-electron chi connectivity index (χ1n) is 8.73. The topological polar surface area (TPSA) is 41.1 Å². The molecule has 2 rings (SSSR count). The highest BCUT2D eigenvalue weighted by Gasteiger charge is 2.22. The first-order valence-corrected chi connectivity index (χ1v) is 8.73. The number of hydrogen-bond acceptors (Lipinski definition) is 2. The molecule has 0 aromatic rings. The zero-order valence-corrected chi connectivity index (χ0v) is 13.1. The zero-order chi connectivity index (χ0) is 14.2. The molecule has 3 heteroatoms. The summed E-state index contributed by atoms with van der Waals surface area (Å²) in [6.45, 7) is 5.43. The summed E-state index contributed by atoms with van der Waals surface area (Å²) in [6, 6.07) is 0. The van der Waals surface area contributed by atoms with Crippen LogP contribution in [0.5, 0.6) is 0 Å². The SMILES string of the molecule is CC(CC(=O)NCCC1CCCNC1)C1CCCCC1. The predicted molar refractivity (Wildman–Crippen MR) is 83.6 cm³/mol. The van der Waals surface area contributed by atoms with E-state index in [2.05, 4.69) is 17.6 Å². The van der Waals surface area contributed by atoms with E-state index in [-0.39, 0.29) is 5.91 Å². The molecule has 1 heterocycles. The lowest BCUT2D eigenvalue weighted by atomic mass is 9.79. The van der Waals surface area contributed by atoms with E-state index in [9.17, 15) is 4.79 Å². The molecule has 0 radical (unpaired) electrons. The fraction of sp³-hybridized carbons (Fsp3) is 0.941. The molecule has 1 saturated heterocycles. The van der Waals surface area contributed by atoms with Crippen molar-refractivity contribution >= 4 is 5.91 Å². The summed E-state index contributed by atoms with van der Waals surface area (Å²) < 4.78 is 0. The van der Waals surface area contributed by atoms with Gasteiger partial charge in [0.25, 0.3) is 0 Å². The molecule has 1 aliphatic heterocycles. The summed E-state index contributed by atoms with van der Waals surface area (Å²) in [7, 11) is 0. The maximum Gasteiger partial charge on any atom is 0.220 e. The van der Waals surface area contributed by atoms with Crippen LogP contribution in [-0.2, 0) is 4.79 Å². The molecule has 0 bridgehead atoms. The van der Waals surface area contributed by atoms with Crippen LogP contribution < -0.4 is 10.6 Å². The minimum Gasteiger partial charge on any atom is -0.356 e. The van der Waals surface area contributed by atoms with Crippen molar-refractivity contribution in [3.8, 4) is 0 Å². The first-order chi connectivity index (χ1) is 9.75. The summed E-state index contributed by atoms with van der Waals surface area (Å²) >= 11 is 0. The van der Waals surface area contributed by atoms with Gasteiger partial charge in [-0.15, -0.1) is 0 Å². The van der Waals surface area contributed by atoms with Gasteiger partial charge < -0.3 is 10.6 Å². The van der Waals surface area contributed by atoms with Crippen LogP contribution in [0.2, 0.25) is 0 Å². The molecule has 2 fully saturated rings. The predicted octanol–water partition coefficient (Wildman–Crippen LogP) is 3.10. The Morgan fingerprint density at radius 2 is 2.00 bits per heavy atom. The minimum absolute atomic E-state index is 0.270. The number of carbonyl (C=O) groups is 1. The molecular formula is C17H32N2O. The average molecular weight is 280 g/mol. The smallest absolute Gasteiger partial charge is 0.220 e. The fourth-order valence-electron chi connectivity index (χ4n) is 3.82. The number of amides is 1. The Bertz CT molecular complexity index is 281. The summed E-state index contributed by atoms with van der Waals surface area (Å²) in [5.74, 6) is 2.38. The standard InChI is InChI=1S/C17H32N2O/c1-14(16-7-3-2-4-8-16)12-17(20)19-11-9-15-6-5-10-18-13-15/h14-16,18H,2-13H2,1H3,(H,19,20). The molecule has 20 heavy (non-hydrogen) atoms. The molecule has 1 amide bonds. The van der Waals surface area contributed by atoms with Gasteiger partial charge in [-0.25, -0.2) is 0 Å². The van der Waals surface area contributed by atoms with Gasteiger partial charge in [-0.1, -0.05) is 39.0 Å². The van der Waals surface area contributed by atoms with Gasteiger partial charge in [-0.3, -0.25) is 4.79 Å². The number of carbonyl (C=O) groups excluding carboxylic acids is 1. The van der Waals surface area contributed by atoms with Gasteiger partial charge in [0.2, 0.25) is 5.91 Å². The van der Waals surface area contributed by atoms with E-state index >= 15 is 0 Å². The lowest BCUT2D eigenvalue weighted by molar-refractivity contribution is -0.122. The largest absolute Gasteiger partial charge is 0.356 e. The van der Waals surface area contributed by atoms with Crippen molar-refractivity contribution in [2.24, 2.45) is 17.8 Å². The third-order valence-corrected chi connectivity index (χ3v) is 5.24. The zero-order valence-electron chi connectivity index (χ0n) is 13.1. The Balaban J connectivity index is 1.57. The molecule has 0 aromatic carbocycles. The van der Waals surface area contributed by atoms with E-state index in [0.29, 0.717) is 5.92 Å². The molecular weight excluding hydrogens is 248 g/mol. The third-order valence-electron chi connectivity index (χ3n) is 5.24. The maximum absolute atomic E-state index is 12.0. The number of piperidine rings is 1. The van der Waals surface area contributed by atoms with Gasteiger partial charge in [0, 0.05) is 13.0 Å². The molecule has 3 nitrogen and oxygen atoms in total. The Morgan fingerprint density at radius 3 is 2.70 bits per heavy atom. The number of rotatable bonds is 6. The van der Waals surface area contributed by atoms with Gasteiger partial charge >= 0.3 is 0 Å². The molecule has 2 unspecified atom stereocenters. The van der Waals surface area contributed by atoms with Gasteiger partial charge in [0.15, 0.2) is 0 Å². The monoisotopic (exact) mass is 280 g/mol. The summed E-state index contributed by atoms with van der Waals surface area (Å²) in [5, 5.41) is 6.57. The van der Waals surface area contributed by atoms with Gasteiger partial charge in [0.1, 0.15) is 0 Å². The molecule has 0 aromatic heterocycles. The lowest BCUT2D eigenvalue weighted by Crippen LogP contribution is -2.34. The lowest BCUT2D eigenvalue weighted by Gasteiger charge is -2.27. The van der Waals surface area contributed by atoms with E-state index in [1.54, 1.807) is 0 Å². The van der Waals surface area contributed by atoms with Crippen molar-refractivity contribution in [1.29, 1.82) is 0 Å². The van der Waals surface area contributed by atoms with Crippen LogP contribution >= 0.6 is 0 Å². The van der Waals surface area contributed by atoms with Crippen molar-refractivity contribution in [2.45, 2.75) is 64.7 Å². The van der Waals surface area contributed by atoms with E-state index in [1.807, 2.05) is 0 Å². The molecule has 116 valence electrons. The Labute approximate surface area is 124 Å². The van der Waals surface area contributed by atoms with Crippen LogP contribution in [0.15, 0.2) is 0 Å². The van der Waals surface area contributed by atoms with E-state index < -0.39 is 0 Å². The summed E-state index contributed by atoms with van der Waals surface area (Å²) in [4.78, 5) is 12.0. The van der Waals surface area contributed by atoms with Gasteiger partial charge in [-0.05, 0) is 50.1 Å². The van der Waals surface area contributed by atoms with E-state index in [0.717, 1.165) is 37.8 Å². The summed E-state index contributed by atoms with van der Waals surface area (Å²) in [6.07, 6.45) is 11.3. The first kappa shape index (κ1) is 15.8. The van der Waals surface area contributed by atoms with Crippen LogP contribution in [0.3, 0.4) is 0 Å². The van der Waals surface area contributed by atoms with Crippen LogP contribution in [0.25, 0.3) is 0 Å². The molecule has 2 N–H and O–H groups in total. The maximum atomic E-state index is 12.0. The van der Waals surface area contributed by atoms with Crippen molar-refractivity contribution in [1.82, 2.24) is 10.6 Å². The van der Waals surface area contributed by atoms with E-state index in [1.165, 1.54) is 51.5 Å². The Kier molecular flexibility index (Phi) is 6.85.